The second kappa shape index (κ2) is 7.92. The Bertz CT molecular complexity index is 860. The molecule has 136 valence electrons. The van der Waals surface area contributed by atoms with E-state index >= 15 is 0 Å². The van der Waals surface area contributed by atoms with Gasteiger partial charge in [0.1, 0.15) is 5.52 Å². The minimum Gasteiger partial charge on any atom is -0.476 e. The first kappa shape index (κ1) is 17.1. The molecule has 0 spiro atoms. The summed E-state index contributed by atoms with van der Waals surface area (Å²) in [7, 11) is 0. The highest BCUT2D eigenvalue weighted by Gasteiger charge is 2.17. The summed E-state index contributed by atoms with van der Waals surface area (Å²) < 4.78 is 6.05. The van der Waals surface area contributed by atoms with Gasteiger partial charge in [0.15, 0.2) is 5.65 Å². The van der Waals surface area contributed by atoms with Crippen molar-refractivity contribution in [3.8, 4) is 5.88 Å². The van der Waals surface area contributed by atoms with Gasteiger partial charge in [-0.3, -0.25) is 5.14 Å². The molecule has 8 heteroatoms. The van der Waals surface area contributed by atoms with Gasteiger partial charge in [0.2, 0.25) is 11.8 Å². The summed E-state index contributed by atoms with van der Waals surface area (Å²) in [4.78, 5) is 17.3. The van der Waals surface area contributed by atoms with Crippen LogP contribution in [0.4, 0.5) is 11.6 Å². The number of aromatic nitrogens is 4. The predicted molar refractivity (Wildman–Crippen MR) is 104 cm³/mol. The van der Waals surface area contributed by atoms with Gasteiger partial charge >= 0.3 is 0 Å². The lowest BCUT2D eigenvalue weighted by atomic mass is 9.90. The molecule has 0 atom stereocenters. The molecular formula is C18H22N6OS. The van der Waals surface area contributed by atoms with Crippen molar-refractivity contribution in [3.05, 3.63) is 30.6 Å². The summed E-state index contributed by atoms with van der Waals surface area (Å²) in [5, 5.41) is 8.77. The van der Waals surface area contributed by atoms with Crippen LogP contribution in [0, 0.1) is 5.92 Å². The van der Waals surface area contributed by atoms with Crippen molar-refractivity contribution in [1.82, 2.24) is 19.9 Å². The number of nitrogens with zero attached hydrogens (tertiary/aromatic N) is 3. The van der Waals surface area contributed by atoms with Crippen LogP contribution in [-0.2, 0) is 0 Å². The van der Waals surface area contributed by atoms with E-state index in [2.05, 4.69) is 25.3 Å². The smallest absolute Gasteiger partial charge is 0.245 e. The van der Waals surface area contributed by atoms with Gasteiger partial charge in [-0.1, -0.05) is 19.3 Å². The van der Waals surface area contributed by atoms with Crippen molar-refractivity contribution in [2.24, 2.45) is 11.1 Å². The number of rotatable bonds is 6. The van der Waals surface area contributed by atoms with Gasteiger partial charge in [-0.05, 0) is 55.0 Å². The number of ether oxygens (including phenoxy) is 1. The minimum atomic E-state index is 0.469. The maximum Gasteiger partial charge on any atom is 0.245 e. The first-order chi connectivity index (χ1) is 12.8. The molecule has 26 heavy (non-hydrogen) atoms. The summed E-state index contributed by atoms with van der Waals surface area (Å²) in [6, 6.07) is 7.77. The molecule has 2 heterocycles. The van der Waals surface area contributed by atoms with Crippen molar-refractivity contribution in [2.45, 2.75) is 37.0 Å². The van der Waals surface area contributed by atoms with E-state index in [1.54, 1.807) is 6.33 Å². The Kier molecular flexibility index (Phi) is 5.21. The van der Waals surface area contributed by atoms with Gasteiger partial charge in [0.25, 0.3) is 0 Å². The van der Waals surface area contributed by atoms with Crippen LogP contribution >= 0.6 is 11.9 Å². The van der Waals surface area contributed by atoms with E-state index in [-0.39, 0.29) is 0 Å². The Morgan fingerprint density at radius 2 is 1.96 bits per heavy atom. The van der Waals surface area contributed by atoms with Gasteiger partial charge < -0.3 is 15.0 Å². The van der Waals surface area contributed by atoms with Crippen LogP contribution in [0.3, 0.4) is 0 Å². The monoisotopic (exact) mass is 370 g/mol. The number of anilines is 2. The molecule has 1 aromatic carbocycles. The van der Waals surface area contributed by atoms with Crippen LogP contribution in [0.25, 0.3) is 11.2 Å². The van der Waals surface area contributed by atoms with Gasteiger partial charge in [0, 0.05) is 10.6 Å². The Morgan fingerprint density at radius 1 is 1.15 bits per heavy atom. The number of nitrogens with one attached hydrogen (secondary N) is 2. The maximum atomic E-state index is 6.05. The fourth-order valence-corrected chi connectivity index (χ4v) is 3.56. The average Bonchev–Trinajstić information content (AvgIpc) is 3.16. The number of H-pyrrole nitrogens is 1. The first-order valence-electron chi connectivity index (χ1n) is 8.89. The highest BCUT2D eigenvalue weighted by Crippen LogP contribution is 2.27. The number of aromatic amines is 1. The third kappa shape index (κ3) is 3.91. The van der Waals surface area contributed by atoms with E-state index < -0.39 is 0 Å². The molecule has 0 aliphatic heterocycles. The SMILES string of the molecule is NSc1ccc(Nc2nc(OCC3CCCCC3)c3[nH]cnc3n2)cc1. The molecule has 3 aromatic rings. The summed E-state index contributed by atoms with van der Waals surface area (Å²) in [5.74, 6) is 1.63. The Balaban J connectivity index is 1.53. The predicted octanol–water partition coefficient (Wildman–Crippen LogP) is 4.02. The molecule has 4 rings (SSSR count). The van der Waals surface area contributed by atoms with Gasteiger partial charge in [-0.15, -0.1) is 0 Å². The minimum absolute atomic E-state index is 0.469. The van der Waals surface area contributed by atoms with Crippen molar-refractivity contribution in [2.75, 3.05) is 11.9 Å². The third-order valence-electron chi connectivity index (χ3n) is 4.68. The van der Waals surface area contributed by atoms with Crippen molar-refractivity contribution in [1.29, 1.82) is 0 Å². The molecule has 0 amide bonds. The van der Waals surface area contributed by atoms with Crippen molar-refractivity contribution in [3.63, 3.8) is 0 Å². The molecule has 2 aromatic heterocycles. The number of imidazole rings is 1. The number of fused-ring (bicyclic) bond motifs is 1. The molecule has 0 radical (unpaired) electrons. The average molecular weight is 370 g/mol. The van der Waals surface area contributed by atoms with Crippen LogP contribution in [0.2, 0.25) is 0 Å². The van der Waals surface area contributed by atoms with E-state index in [0.29, 0.717) is 30.0 Å². The quantitative estimate of drug-likeness (QED) is 0.563. The molecular weight excluding hydrogens is 348 g/mol. The van der Waals surface area contributed by atoms with Crippen LogP contribution in [0.1, 0.15) is 32.1 Å². The van der Waals surface area contributed by atoms with E-state index in [4.69, 9.17) is 9.88 Å². The number of hydrogen-bond donors (Lipinski definition) is 3. The standard InChI is InChI=1S/C18H22N6OS/c19-26-14-8-6-13(7-9-14)22-18-23-16-15(20-11-21-16)17(24-18)25-10-12-4-2-1-3-5-12/h6-9,11-12H,1-5,10,19H2,(H2,20,21,22,23,24). The topological polar surface area (TPSA) is 102 Å². The normalized spacial score (nSPS) is 15.3. The van der Waals surface area contributed by atoms with Crippen LogP contribution < -0.4 is 15.2 Å². The molecule has 4 N–H and O–H groups in total. The highest BCUT2D eigenvalue weighted by molar-refractivity contribution is 7.97. The fraction of sp³-hybridized carbons (Fsp3) is 0.389. The zero-order valence-corrected chi connectivity index (χ0v) is 15.3. The van der Waals surface area contributed by atoms with Crippen molar-refractivity contribution < 1.29 is 4.74 Å². The first-order valence-corrected chi connectivity index (χ1v) is 9.77. The summed E-state index contributed by atoms with van der Waals surface area (Å²) in [5.41, 5.74) is 2.22. The third-order valence-corrected chi connectivity index (χ3v) is 5.22. The Hall–Kier alpha value is -2.32. The molecule has 0 saturated heterocycles. The second-order valence-corrected chi connectivity index (χ2v) is 7.24. The molecule has 0 unspecified atom stereocenters. The van der Waals surface area contributed by atoms with Crippen molar-refractivity contribution >= 4 is 34.7 Å². The van der Waals surface area contributed by atoms with Gasteiger partial charge in [-0.25, -0.2) is 4.98 Å². The fourth-order valence-electron chi connectivity index (χ4n) is 3.26. The largest absolute Gasteiger partial charge is 0.476 e. The van der Waals surface area contributed by atoms with Gasteiger partial charge in [-0.2, -0.15) is 9.97 Å². The molecule has 1 saturated carbocycles. The zero-order chi connectivity index (χ0) is 17.8. The molecule has 7 nitrogen and oxygen atoms in total. The number of nitrogens with two attached hydrogens (primary N) is 1. The van der Waals surface area contributed by atoms with Crippen LogP contribution in [-0.4, -0.2) is 26.5 Å². The lowest BCUT2D eigenvalue weighted by Gasteiger charge is -2.21. The summed E-state index contributed by atoms with van der Waals surface area (Å²) in [6.07, 6.45) is 8.00. The van der Waals surface area contributed by atoms with E-state index in [9.17, 15) is 0 Å². The Morgan fingerprint density at radius 3 is 2.73 bits per heavy atom. The van der Waals surface area contributed by atoms with Gasteiger partial charge in [0.05, 0.1) is 12.9 Å². The maximum absolute atomic E-state index is 6.05. The van der Waals surface area contributed by atoms with Crippen LogP contribution in [0.5, 0.6) is 5.88 Å². The molecule has 1 aliphatic rings. The second-order valence-electron chi connectivity index (χ2n) is 6.54. The summed E-state index contributed by atoms with van der Waals surface area (Å²) in [6.45, 7) is 0.687. The number of benzene rings is 1. The lowest BCUT2D eigenvalue weighted by Crippen LogP contribution is -2.16. The van der Waals surface area contributed by atoms with E-state index in [1.807, 2.05) is 24.3 Å². The summed E-state index contributed by atoms with van der Waals surface area (Å²) >= 11 is 1.22. The zero-order valence-electron chi connectivity index (χ0n) is 14.4. The molecule has 0 bridgehead atoms. The highest BCUT2D eigenvalue weighted by atomic mass is 32.2. The molecule has 1 aliphatic carbocycles. The Labute approximate surface area is 156 Å². The number of hydrogen-bond acceptors (Lipinski definition) is 7. The molecule has 1 fully saturated rings. The van der Waals surface area contributed by atoms with E-state index in [0.717, 1.165) is 16.1 Å². The van der Waals surface area contributed by atoms with Crippen LogP contribution in [0.15, 0.2) is 35.5 Å². The van der Waals surface area contributed by atoms with E-state index in [1.165, 1.54) is 44.1 Å². The lowest BCUT2D eigenvalue weighted by molar-refractivity contribution is 0.205.